The highest BCUT2D eigenvalue weighted by Crippen LogP contribution is 2.24. The van der Waals surface area contributed by atoms with Crippen molar-refractivity contribution < 1.29 is 17.9 Å². The molecule has 0 aliphatic rings. The van der Waals surface area contributed by atoms with Crippen LogP contribution in [-0.4, -0.2) is 40.3 Å². The Morgan fingerprint density at radius 1 is 0.970 bits per heavy atom. The van der Waals surface area contributed by atoms with Crippen LogP contribution < -0.4 is 14.2 Å². The molecule has 4 rings (SSSR count). The van der Waals surface area contributed by atoms with Gasteiger partial charge in [-0.25, -0.2) is 18.4 Å². The average Bonchev–Trinajstić information content (AvgIpc) is 3.21. The second-order valence-electron chi connectivity index (χ2n) is 7.16. The number of para-hydroxylation sites is 1. The van der Waals surface area contributed by atoms with E-state index < -0.39 is 10.0 Å². The van der Waals surface area contributed by atoms with E-state index in [4.69, 9.17) is 9.47 Å². The average molecular weight is 466 g/mol. The zero-order valence-electron chi connectivity index (χ0n) is 18.2. The maximum atomic E-state index is 12.3. The van der Waals surface area contributed by atoms with Crippen molar-refractivity contribution in [3.63, 3.8) is 0 Å². The zero-order chi connectivity index (χ0) is 23.3. The lowest BCUT2D eigenvalue weighted by Crippen LogP contribution is -2.21. The van der Waals surface area contributed by atoms with Gasteiger partial charge in [0.1, 0.15) is 41.3 Å². The molecule has 0 saturated heterocycles. The van der Waals surface area contributed by atoms with Gasteiger partial charge in [0.2, 0.25) is 15.9 Å². The van der Waals surface area contributed by atoms with E-state index >= 15 is 0 Å². The van der Waals surface area contributed by atoms with E-state index in [9.17, 15) is 8.42 Å². The number of imidazole rings is 1. The molecule has 0 aliphatic heterocycles. The Hall–Kier alpha value is -3.92. The van der Waals surface area contributed by atoms with Gasteiger partial charge in [-0.3, -0.25) is 9.29 Å². The summed E-state index contributed by atoms with van der Waals surface area (Å²) < 4.78 is 40.4. The van der Waals surface area contributed by atoms with Crippen LogP contribution in [0.1, 0.15) is 11.6 Å². The number of hydrogen-bond acceptors (Lipinski definition) is 7. The number of nitrogens with zero attached hydrogens (tertiary/aromatic N) is 4. The maximum absolute atomic E-state index is 12.3. The molecule has 0 atom stereocenters. The fourth-order valence-corrected chi connectivity index (χ4v) is 3.95. The number of ether oxygens (including phenoxy) is 2. The van der Waals surface area contributed by atoms with Crippen LogP contribution in [0.25, 0.3) is 5.82 Å². The molecule has 0 unspecified atom stereocenters. The molecule has 2 heterocycles. The first-order valence-electron chi connectivity index (χ1n) is 10.2. The molecule has 170 valence electrons. The summed E-state index contributed by atoms with van der Waals surface area (Å²) >= 11 is 0. The van der Waals surface area contributed by atoms with Gasteiger partial charge in [0, 0.05) is 24.1 Å². The lowest BCUT2D eigenvalue weighted by atomic mass is 10.3. The molecule has 2 aromatic carbocycles. The van der Waals surface area contributed by atoms with Crippen LogP contribution in [0.2, 0.25) is 0 Å². The summed E-state index contributed by atoms with van der Waals surface area (Å²) in [5, 5.41) is 0. The minimum atomic E-state index is -3.56. The Labute approximate surface area is 192 Å². The van der Waals surface area contributed by atoms with E-state index in [2.05, 4.69) is 19.7 Å². The summed E-state index contributed by atoms with van der Waals surface area (Å²) in [5.74, 6) is 3.34. The van der Waals surface area contributed by atoms with Gasteiger partial charge < -0.3 is 9.47 Å². The van der Waals surface area contributed by atoms with Crippen molar-refractivity contribution in [2.24, 2.45) is 0 Å². The third kappa shape index (κ3) is 6.07. The highest BCUT2D eigenvalue weighted by atomic mass is 32.2. The molecule has 4 aromatic rings. The van der Waals surface area contributed by atoms with Gasteiger partial charge in [0.25, 0.3) is 0 Å². The number of anilines is 1. The van der Waals surface area contributed by atoms with Crippen LogP contribution in [0.3, 0.4) is 0 Å². The summed E-state index contributed by atoms with van der Waals surface area (Å²) in [7, 11) is -3.56. The first-order valence-corrected chi connectivity index (χ1v) is 11.9. The van der Waals surface area contributed by atoms with Gasteiger partial charge in [-0.1, -0.05) is 18.2 Å². The van der Waals surface area contributed by atoms with Gasteiger partial charge in [0.15, 0.2) is 0 Å². The molecule has 2 aromatic heterocycles. The number of rotatable bonds is 9. The lowest BCUT2D eigenvalue weighted by Gasteiger charge is -2.11. The minimum absolute atomic E-state index is 0.0479. The van der Waals surface area contributed by atoms with E-state index in [-0.39, 0.29) is 12.4 Å². The van der Waals surface area contributed by atoms with Crippen LogP contribution >= 0.6 is 0 Å². The second kappa shape index (κ2) is 9.70. The quantitative estimate of drug-likeness (QED) is 0.399. The Balaban J connectivity index is 1.37. The topological polar surface area (TPSA) is 108 Å². The van der Waals surface area contributed by atoms with Crippen molar-refractivity contribution in [1.29, 1.82) is 0 Å². The third-order valence-electron chi connectivity index (χ3n) is 4.59. The van der Waals surface area contributed by atoms with Crippen LogP contribution in [0.15, 0.2) is 73.1 Å². The first kappa shape index (κ1) is 22.3. The Kier molecular flexibility index (Phi) is 6.55. The molecule has 1 N–H and O–H groups in total. The molecular weight excluding hydrogens is 442 g/mol. The molecule has 33 heavy (non-hydrogen) atoms. The normalized spacial score (nSPS) is 11.2. The Morgan fingerprint density at radius 3 is 2.42 bits per heavy atom. The summed E-state index contributed by atoms with van der Waals surface area (Å²) in [5.41, 5.74) is 0.427. The maximum Gasteiger partial charge on any atom is 0.236 e. The van der Waals surface area contributed by atoms with Crippen molar-refractivity contribution in [1.82, 2.24) is 19.5 Å². The van der Waals surface area contributed by atoms with E-state index in [1.165, 1.54) is 0 Å². The first-order chi connectivity index (χ1) is 15.9. The van der Waals surface area contributed by atoms with E-state index in [1.54, 1.807) is 55.6 Å². The number of benzene rings is 2. The molecule has 0 amide bonds. The third-order valence-corrected chi connectivity index (χ3v) is 5.84. The second-order valence-corrected chi connectivity index (χ2v) is 9.01. The number of nitrogens with one attached hydrogen (secondary N) is 1. The van der Waals surface area contributed by atoms with Crippen LogP contribution in [0, 0.1) is 13.8 Å². The molecular formula is C23H23N5O4S. The predicted octanol–water partition coefficient (Wildman–Crippen LogP) is 3.89. The minimum Gasteiger partial charge on any atom is -0.492 e. The van der Waals surface area contributed by atoms with Crippen molar-refractivity contribution in [2.45, 2.75) is 13.8 Å². The number of aromatic nitrogens is 4. The zero-order valence-corrected chi connectivity index (χ0v) is 19.0. The smallest absolute Gasteiger partial charge is 0.236 e. The van der Waals surface area contributed by atoms with Gasteiger partial charge in [-0.2, -0.15) is 4.98 Å². The van der Waals surface area contributed by atoms with Crippen molar-refractivity contribution in [2.75, 3.05) is 17.1 Å². The Bertz CT molecular complexity index is 1320. The van der Waals surface area contributed by atoms with Crippen molar-refractivity contribution >= 4 is 15.7 Å². The van der Waals surface area contributed by atoms with Gasteiger partial charge in [-0.15, -0.1) is 0 Å². The molecule has 0 spiro atoms. The fourth-order valence-electron chi connectivity index (χ4n) is 3.05. The van der Waals surface area contributed by atoms with Crippen LogP contribution in [-0.2, 0) is 10.0 Å². The molecule has 0 fully saturated rings. The van der Waals surface area contributed by atoms with E-state index in [1.807, 2.05) is 35.9 Å². The predicted molar refractivity (Wildman–Crippen MR) is 124 cm³/mol. The van der Waals surface area contributed by atoms with Gasteiger partial charge in [-0.05, 0) is 50.2 Å². The number of aryl methyl sites for hydroxylation is 2. The molecule has 0 aliphatic carbocycles. The summed E-state index contributed by atoms with van der Waals surface area (Å²) in [6.07, 6.45) is 3.51. The molecule has 10 heteroatoms. The lowest BCUT2D eigenvalue weighted by molar-refractivity contribution is 0.341. The molecule has 0 bridgehead atoms. The largest absolute Gasteiger partial charge is 0.492 e. The molecule has 0 saturated carbocycles. The van der Waals surface area contributed by atoms with E-state index in [0.717, 1.165) is 5.82 Å². The standard InChI is InChI=1S/C23H23N5O4S/c1-17-25-22(28-13-12-24-18(28)2)16-23(26-17)32-21-10-8-19(9-11-21)27-33(29,30)15-14-31-20-6-4-3-5-7-20/h3-13,16,27H,14-15H2,1-2H3. The highest BCUT2D eigenvalue weighted by Gasteiger charge is 2.12. The SMILES string of the molecule is Cc1nc(Oc2ccc(NS(=O)(=O)CCOc3ccccc3)cc2)cc(-n2ccnc2C)n1. The summed E-state index contributed by atoms with van der Waals surface area (Å²) in [4.78, 5) is 12.9. The summed E-state index contributed by atoms with van der Waals surface area (Å²) in [6, 6.07) is 17.4. The van der Waals surface area contributed by atoms with Crippen molar-refractivity contribution in [3.05, 3.63) is 84.7 Å². The fraction of sp³-hybridized carbons (Fsp3) is 0.174. The van der Waals surface area contributed by atoms with Crippen molar-refractivity contribution in [3.8, 4) is 23.2 Å². The van der Waals surface area contributed by atoms with E-state index in [0.29, 0.717) is 34.7 Å². The molecule has 9 nitrogen and oxygen atoms in total. The van der Waals surface area contributed by atoms with Gasteiger partial charge in [0.05, 0.1) is 0 Å². The monoisotopic (exact) mass is 465 g/mol. The highest BCUT2D eigenvalue weighted by molar-refractivity contribution is 7.92. The van der Waals surface area contributed by atoms with Crippen LogP contribution in [0.5, 0.6) is 17.4 Å². The summed E-state index contributed by atoms with van der Waals surface area (Å²) in [6.45, 7) is 3.71. The Morgan fingerprint density at radius 2 is 1.73 bits per heavy atom. The number of hydrogen-bond donors (Lipinski definition) is 1. The molecule has 0 radical (unpaired) electrons. The van der Waals surface area contributed by atoms with Gasteiger partial charge >= 0.3 is 0 Å². The van der Waals surface area contributed by atoms with Crippen LogP contribution in [0.4, 0.5) is 5.69 Å². The number of sulfonamides is 1.